The lowest BCUT2D eigenvalue weighted by Crippen LogP contribution is -2.37. The lowest BCUT2D eigenvalue weighted by Gasteiger charge is -2.21. The largest absolute Gasteiger partial charge is 0.444 e. The quantitative estimate of drug-likeness (QED) is 0.747. The molecule has 5 nitrogen and oxygen atoms in total. The van der Waals surface area contributed by atoms with E-state index in [0.717, 1.165) is 12.1 Å². The maximum atomic E-state index is 11.5. The predicted molar refractivity (Wildman–Crippen MR) is 81.8 cm³/mol. The van der Waals surface area contributed by atoms with Crippen molar-refractivity contribution in [1.82, 2.24) is 5.32 Å². The van der Waals surface area contributed by atoms with E-state index in [9.17, 15) is 4.79 Å². The van der Waals surface area contributed by atoms with Crippen LogP contribution < -0.4 is 16.4 Å². The first-order chi connectivity index (χ1) is 9.40. The molecular weight excluding hydrogens is 254 g/mol. The fourth-order valence-electron chi connectivity index (χ4n) is 1.68. The summed E-state index contributed by atoms with van der Waals surface area (Å²) < 4.78 is 5.17. The first kappa shape index (κ1) is 16.3. The maximum Gasteiger partial charge on any atom is 0.407 e. The number of ether oxygens (including phenoxy) is 1. The second-order valence-corrected chi connectivity index (χ2v) is 5.66. The summed E-state index contributed by atoms with van der Waals surface area (Å²) in [6.45, 7) is 6.55. The zero-order valence-corrected chi connectivity index (χ0v) is 12.5. The van der Waals surface area contributed by atoms with Gasteiger partial charge in [-0.05, 0) is 39.3 Å². The van der Waals surface area contributed by atoms with Gasteiger partial charge in [-0.15, -0.1) is 0 Å². The number of amides is 1. The smallest absolute Gasteiger partial charge is 0.407 e. The normalized spacial score (nSPS) is 12.6. The highest BCUT2D eigenvalue weighted by molar-refractivity contribution is 5.67. The van der Waals surface area contributed by atoms with Crippen LogP contribution in [0.3, 0.4) is 0 Å². The Balaban J connectivity index is 2.30. The van der Waals surface area contributed by atoms with Gasteiger partial charge in [-0.2, -0.15) is 0 Å². The first-order valence-electron chi connectivity index (χ1n) is 6.89. The van der Waals surface area contributed by atoms with Gasteiger partial charge in [0.15, 0.2) is 0 Å². The molecule has 0 heterocycles. The van der Waals surface area contributed by atoms with E-state index < -0.39 is 11.7 Å². The molecule has 4 N–H and O–H groups in total. The number of nitrogens with one attached hydrogen (secondary N) is 2. The van der Waals surface area contributed by atoms with Gasteiger partial charge < -0.3 is 21.1 Å². The van der Waals surface area contributed by atoms with Gasteiger partial charge >= 0.3 is 6.09 Å². The summed E-state index contributed by atoms with van der Waals surface area (Å²) in [5.41, 5.74) is 6.29. The molecule has 0 aliphatic heterocycles. The molecule has 0 saturated heterocycles. The summed E-state index contributed by atoms with van der Waals surface area (Å²) >= 11 is 0. The number of para-hydroxylation sites is 1. The number of carbonyl (C=O) groups excluding carboxylic acids is 1. The van der Waals surface area contributed by atoms with Crippen molar-refractivity contribution in [1.29, 1.82) is 0 Å². The Morgan fingerprint density at radius 2 is 1.95 bits per heavy atom. The minimum Gasteiger partial charge on any atom is -0.444 e. The standard InChI is InChI=1S/C15H25N3O2/c1-15(2,3)20-14(19)17-10-9-13(11-16)18-12-7-5-4-6-8-12/h4-8,13,18H,9-11,16H2,1-3H3,(H,17,19). The number of carbonyl (C=O) groups is 1. The zero-order chi connectivity index (χ0) is 15.0. The lowest BCUT2D eigenvalue weighted by atomic mass is 10.2. The van der Waals surface area contributed by atoms with Crippen molar-refractivity contribution in [3.63, 3.8) is 0 Å². The second-order valence-electron chi connectivity index (χ2n) is 5.66. The monoisotopic (exact) mass is 279 g/mol. The molecule has 1 amide bonds. The molecule has 20 heavy (non-hydrogen) atoms. The van der Waals surface area contributed by atoms with E-state index in [1.165, 1.54) is 0 Å². The third-order valence-corrected chi connectivity index (χ3v) is 2.59. The number of nitrogens with two attached hydrogens (primary N) is 1. The average Bonchev–Trinajstić information content (AvgIpc) is 2.36. The molecule has 0 aliphatic carbocycles. The SMILES string of the molecule is CC(C)(C)OC(=O)NCCC(CN)Nc1ccccc1. The van der Waals surface area contributed by atoms with E-state index in [1.54, 1.807) is 0 Å². The fourth-order valence-corrected chi connectivity index (χ4v) is 1.68. The van der Waals surface area contributed by atoms with Gasteiger partial charge in [-0.3, -0.25) is 0 Å². The van der Waals surface area contributed by atoms with Crippen LogP contribution in [0.2, 0.25) is 0 Å². The third kappa shape index (κ3) is 6.99. The molecule has 1 aromatic carbocycles. The third-order valence-electron chi connectivity index (χ3n) is 2.59. The van der Waals surface area contributed by atoms with Gasteiger partial charge in [-0.1, -0.05) is 18.2 Å². The summed E-state index contributed by atoms with van der Waals surface area (Å²) in [5.74, 6) is 0. The fraction of sp³-hybridized carbons (Fsp3) is 0.533. The van der Waals surface area contributed by atoms with Crippen LogP contribution in [0.1, 0.15) is 27.2 Å². The van der Waals surface area contributed by atoms with E-state index >= 15 is 0 Å². The van der Waals surface area contributed by atoms with Gasteiger partial charge in [0, 0.05) is 24.8 Å². The van der Waals surface area contributed by atoms with Crippen LogP contribution in [0.5, 0.6) is 0 Å². The average molecular weight is 279 g/mol. The molecule has 0 aliphatic rings. The summed E-state index contributed by atoms with van der Waals surface area (Å²) in [6.07, 6.45) is 0.345. The molecule has 0 spiro atoms. The highest BCUT2D eigenvalue weighted by Gasteiger charge is 2.16. The molecule has 0 fully saturated rings. The molecule has 112 valence electrons. The number of anilines is 1. The van der Waals surface area contributed by atoms with Crippen molar-refractivity contribution in [2.45, 2.75) is 38.8 Å². The van der Waals surface area contributed by atoms with Crippen molar-refractivity contribution in [2.75, 3.05) is 18.4 Å². The topological polar surface area (TPSA) is 76.4 Å². The Hall–Kier alpha value is -1.75. The van der Waals surface area contributed by atoms with Gasteiger partial charge in [0.1, 0.15) is 5.60 Å². The van der Waals surface area contributed by atoms with Crippen LogP contribution in [0, 0.1) is 0 Å². The lowest BCUT2D eigenvalue weighted by molar-refractivity contribution is 0.0527. The molecule has 1 atom stereocenters. The summed E-state index contributed by atoms with van der Waals surface area (Å²) in [4.78, 5) is 11.5. The zero-order valence-electron chi connectivity index (χ0n) is 12.5. The molecule has 0 aromatic heterocycles. The maximum absolute atomic E-state index is 11.5. The Kier molecular flexibility index (Phi) is 6.31. The van der Waals surface area contributed by atoms with Crippen LogP contribution in [-0.4, -0.2) is 30.8 Å². The molecule has 1 aromatic rings. The molecule has 1 unspecified atom stereocenters. The van der Waals surface area contributed by atoms with Gasteiger partial charge in [0.05, 0.1) is 0 Å². The predicted octanol–water partition coefficient (Wildman–Crippen LogP) is 2.34. The van der Waals surface area contributed by atoms with Crippen molar-refractivity contribution in [2.24, 2.45) is 5.73 Å². The summed E-state index contributed by atoms with van der Waals surface area (Å²) in [7, 11) is 0. The number of alkyl carbamates (subject to hydrolysis) is 1. The number of rotatable bonds is 6. The van der Waals surface area contributed by atoms with E-state index in [-0.39, 0.29) is 6.04 Å². The van der Waals surface area contributed by atoms with Crippen molar-refractivity contribution in [3.8, 4) is 0 Å². The number of hydrogen-bond donors (Lipinski definition) is 3. The summed E-state index contributed by atoms with van der Waals surface area (Å²) in [6, 6.07) is 10.00. The molecule has 0 saturated carbocycles. The highest BCUT2D eigenvalue weighted by atomic mass is 16.6. The van der Waals surface area contributed by atoms with Crippen LogP contribution >= 0.6 is 0 Å². The van der Waals surface area contributed by atoms with E-state index in [4.69, 9.17) is 10.5 Å². The number of hydrogen-bond acceptors (Lipinski definition) is 4. The van der Waals surface area contributed by atoms with Gasteiger partial charge in [-0.25, -0.2) is 4.79 Å². The molecule has 0 bridgehead atoms. The Bertz CT molecular complexity index is 401. The first-order valence-corrected chi connectivity index (χ1v) is 6.89. The highest BCUT2D eigenvalue weighted by Crippen LogP contribution is 2.09. The van der Waals surface area contributed by atoms with Crippen molar-refractivity contribution < 1.29 is 9.53 Å². The molecule has 1 rings (SSSR count). The van der Waals surface area contributed by atoms with Crippen LogP contribution in [-0.2, 0) is 4.74 Å². The molecule has 5 heteroatoms. The minimum absolute atomic E-state index is 0.118. The summed E-state index contributed by atoms with van der Waals surface area (Å²) in [5, 5.41) is 6.07. The molecular formula is C15H25N3O2. The van der Waals surface area contributed by atoms with Crippen molar-refractivity contribution in [3.05, 3.63) is 30.3 Å². The van der Waals surface area contributed by atoms with Crippen LogP contribution in [0.15, 0.2) is 30.3 Å². The van der Waals surface area contributed by atoms with E-state index in [2.05, 4.69) is 10.6 Å². The van der Waals surface area contributed by atoms with Gasteiger partial charge in [0.25, 0.3) is 0 Å². The Morgan fingerprint density at radius 1 is 1.30 bits per heavy atom. The Labute approximate surface area is 120 Å². The second kappa shape index (κ2) is 7.75. The van der Waals surface area contributed by atoms with Crippen LogP contribution in [0.4, 0.5) is 10.5 Å². The van der Waals surface area contributed by atoms with Gasteiger partial charge in [0.2, 0.25) is 0 Å². The Morgan fingerprint density at radius 3 is 2.50 bits per heavy atom. The number of benzene rings is 1. The van der Waals surface area contributed by atoms with E-state index in [1.807, 2.05) is 51.1 Å². The van der Waals surface area contributed by atoms with E-state index in [0.29, 0.717) is 13.1 Å². The van der Waals surface area contributed by atoms with Crippen molar-refractivity contribution >= 4 is 11.8 Å². The minimum atomic E-state index is -0.473. The molecule has 0 radical (unpaired) electrons. The van der Waals surface area contributed by atoms with Crippen LogP contribution in [0.25, 0.3) is 0 Å².